The lowest BCUT2D eigenvalue weighted by Gasteiger charge is -2.29. The van der Waals surface area contributed by atoms with Crippen LogP contribution in [0.15, 0.2) is 87.3 Å². The van der Waals surface area contributed by atoms with E-state index in [1.807, 2.05) is 24.3 Å². The Morgan fingerprint density at radius 1 is 1.11 bits per heavy atom. The number of hydrazone groups is 1. The predicted molar refractivity (Wildman–Crippen MR) is 139 cm³/mol. The number of sulfonamides is 1. The number of carbonyl (C=O) groups excluding carboxylic acids is 1. The summed E-state index contributed by atoms with van der Waals surface area (Å²) in [6.45, 7) is -0.492. The Labute approximate surface area is 214 Å². The van der Waals surface area contributed by atoms with Crippen LogP contribution in [0.1, 0.15) is 5.56 Å². The number of carbonyl (C=O) groups is 1. The van der Waals surface area contributed by atoms with Gasteiger partial charge in [-0.25, -0.2) is 13.8 Å². The van der Waals surface area contributed by atoms with Crippen molar-refractivity contribution in [1.82, 2.24) is 15.6 Å². The molecule has 4 aromatic rings. The Morgan fingerprint density at radius 3 is 2.66 bits per heavy atom. The predicted octanol–water partition coefficient (Wildman–Crippen LogP) is 4.82. The fourth-order valence-corrected chi connectivity index (χ4v) is 5.89. The molecule has 0 saturated carbocycles. The fraction of sp³-hybridized carbons (Fsp3) is 0.0417. The van der Waals surface area contributed by atoms with Crippen LogP contribution in [0.5, 0.6) is 0 Å². The first kappa shape index (κ1) is 23.3. The molecule has 11 heteroatoms. The van der Waals surface area contributed by atoms with Crippen LogP contribution in [0, 0.1) is 0 Å². The number of hydrogen-bond donors (Lipinski definition) is 2. The number of aromatic amines is 1. The van der Waals surface area contributed by atoms with Crippen molar-refractivity contribution < 1.29 is 13.2 Å². The zero-order chi connectivity index (χ0) is 24.6. The lowest BCUT2D eigenvalue weighted by atomic mass is 10.1. The van der Waals surface area contributed by atoms with E-state index in [1.165, 1.54) is 12.3 Å². The van der Waals surface area contributed by atoms with Crippen LogP contribution in [-0.2, 0) is 14.8 Å². The largest absolute Gasteiger partial charge is 0.275 e. The summed E-state index contributed by atoms with van der Waals surface area (Å²) < 4.78 is 29.2. The molecule has 0 bridgehead atoms. The minimum Gasteiger partial charge on any atom is -0.275 e. The average molecular weight is 571 g/mol. The maximum absolute atomic E-state index is 13.6. The molecule has 0 spiro atoms. The zero-order valence-corrected chi connectivity index (χ0v) is 21.1. The highest BCUT2D eigenvalue weighted by Crippen LogP contribution is 2.46. The quantitative estimate of drug-likeness (QED) is 0.265. The maximum Gasteiger partial charge on any atom is 0.265 e. The molecule has 8 nitrogen and oxygen atoms in total. The first-order chi connectivity index (χ1) is 16.8. The third-order valence-corrected chi connectivity index (χ3v) is 7.94. The summed E-state index contributed by atoms with van der Waals surface area (Å²) in [6, 6.07) is 20.8. The zero-order valence-electron chi connectivity index (χ0n) is 17.9. The van der Waals surface area contributed by atoms with Gasteiger partial charge in [0.05, 0.1) is 16.8 Å². The van der Waals surface area contributed by atoms with Crippen LogP contribution in [0.3, 0.4) is 0 Å². The molecule has 1 amide bonds. The molecule has 2 heterocycles. The third kappa shape index (κ3) is 4.47. The molecule has 0 fully saturated rings. The Morgan fingerprint density at radius 2 is 1.89 bits per heavy atom. The van der Waals surface area contributed by atoms with Crippen LogP contribution < -0.4 is 9.73 Å². The lowest BCUT2D eigenvalue weighted by molar-refractivity contribution is -0.119. The van der Waals surface area contributed by atoms with Crippen molar-refractivity contribution in [3.05, 3.63) is 87.9 Å². The Balaban J connectivity index is 1.51. The summed E-state index contributed by atoms with van der Waals surface area (Å²) in [5.41, 5.74) is 5.41. The van der Waals surface area contributed by atoms with Gasteiger partial charge in [-0.15, -0.1) is 0 Å². The van der Waals surface area contributed by atoms with E-state index < -0.39 is 22.5 Å². The summed E-state index contributed by atoms with van der Waals surface area (Å²) in [7, 11) is -4.06. The van der Waals surface area contributed by atoms with Crippen LogP contribution >= 0.6 is 27.5 Å². The molecule has 176 valence electrons. The molecular weight excluding hydrogens is 554 g/mol. The van der Waals surface area contributed by atoms with Crippen molar-refractivity contribution in [2.24, 2.45) is 5.10 Å². The molecule has 35 heavy (non-hydrogen) atoms. The van der Waals surface area contributed by atoms with Gasteiger partial charge in [-0.1, -0.05) is 70.0 Å². The molecule has 0 atom stereocenters. The molecule has 0 aliphatic carbocycles. The normalized spacial score (nSPS) is 13.9. The molecule has 5 rings (SSSR count). The number of rotatable bonds is 5. The number of aromatic nitrogens is 2. The molecule has 3 aromatic carbocycles. The van der Waals surface area contributed by atoms with Gasteiger partial charge in [-0.2, -0.15) is 10.2 Å². The minimum atomic E-state index is -4.06. The summed E-state index contributed by atoms with van der Waals surface area (Å²) in [6.07, 6.45) is 1.48. The van der Waals surface area contributed by atoms with Crippen molar-refractivity contribution in [1.29, 1.82) is 0 Å². The number of benzene rings is 3. The van der Waals surface area contributed by atoms with Crippen molar-refractivity contribution >= 4 is 55.4 Å². The number of amides is 1. The number of nitrogens with one attached hydrogen (secondary N) is 2. The van der Waals surface area contributed by atoms with E-state index in [-0.39, 0.29) is 10.6 Å². The highest BCUT2D eigenvalue weighted by atomic mass is 79.9. The number of halogens is 2. The van der Waals surface area contributed by atoms with E-state index in [9.17, 15) is 13.2 Å². The standard InChI is InChI=1S/C24H17BrClN5O3S/c25-17-10-8-15(9-11-17)13-27-28-21(32)14-31-24-22(16-4-3-5-18(26)12-16)29-30-23(24)19-6-1-2-7-20(19)35(31,33)34/h1-13H,14H2,(H,28,32)(H,29,30). The molecule has 0 unspecified atom stereocenters. The number of fused-ring (bicyclic) bond motifs is 3. The molecule has 0 saturated heterocycles. The second kappa shape index (κ2) is 9.29. The van der Waals surface area contributed by atoms with Gasteiger partial charge >= 0.3 is 0 Å². The Hall–Kier alpha value is -3.47. The topological polar surface area (TPSA) is 108 Å². The number of anilines is 1. The fourth-order valence-electron chi connectivity index (χ4n) is 3.80. The molecule has 1 aromatic heterocycles. The third-order valence-electron chi connectivity index (χ3n) is 5.37. The highest BCUT2D eigenvalue weighted by molar-refractivity contribution is 9.10. The second-order valence-electron chi connectivity index (χ2n) is 7.66. The van der Waals surface area contributed by atoms with Gasteiger partial charge in [0.25, 0.3) is 15.9 Å². The van der Waals surface area contributed by atoms with E-state index in [0.29, 0.717) is 27.5 Å². The molecule has 0 radical (unpaired) electrons. The minimum absolute atomic E-state index is 0.0833. The van der Waals surface area contributed by atoms with Gasteiger partial charge in [0, 0.05) is 20.6 Å². The van der Waals surface area contributed by atoms with Crippen molar-refractivity contribution in [3.63, 3.8) is 0 Å². The van der Waals surface area contributed by atoms with Crippen LogP contribution in [0.4, 0.5) is 5.69 Å². The van der Waals surface area contributed by atoms with Crippen LogP contribution in [-0.4, -0.2) is 37.3 Å². The molecule has 2 N–H and O–H groups in total. The Bertz CT molecular complexity index is 1570. The van der Waals surface area contributed by atoms with Gasteiger partial charge in [-0.05, 0) is 35.9 Å². The molecule has 1 aliphatic heterocycles. The monoisotopic (exact) mass is 569 g/mol. The second-order valence-corrected chi connectivity index (χ2v) is 10.8. The van der Waals surface area contributed by atoms with Crippen molar-refractivity contribution in [2.45, 2.75) is 4.90 Å². The number of hydrogen-bond acceptors (Lipinski definition) is 5. The van der Waals surface area contributed by atoms with Gasteiger partial charge < -0.3 is 0 Å². The first-order valence-corrected chi connectivity index (χ1v) is 13.0. The summed E-state index contributed by atoms with van der Waals surface area (Å²) >= 11 is 9.53. The van der Waals surface area contributed by atoms with Gasteiger partial charge in [0.2, 0.25) is 0 Å². The summed E-state index contributed by atoms with van der Waals surface area (Å²) in [4.78, 5) is 12.9. The van der Waals surface area contributed by atoms with Gasteiger partial charge in [0.1, 0.15) is 17.9 Å². The summed E-state index contributed by atoms with van der Waals surface area (Å²) in [5.74, 6) is -0.606. The van der Waals surface area contributed by atoms with E-state index in [1.54, 1.807) is 42.5 Å². The number of H-pyrrole nitrogens is 1. The Kier molecular flexibility index (Phi) is 6.18. The summed E-state index contributed by atoms with van der Waals surface area (Å²) in [5, 5.41) is 11.8. The van der Waals surface area contributed by atoms with Crippen molar-refractivity contribution in [2.75, 3.05) is 10.8 Å². The van der Waals surface area contributed by atoms with Crippen LogP contribution in [0.25, 0.3) is 22.5 Å². The van der Waals surface area contributed by atoms with Gasteiger partial charge in [-0.3, -0.25) is 14.2 Å². The van der Waals surface area contributed by atoms with Crippen LogP contribution in [0.2, 0.25) is 5.02 Å². The molecule has 1 aliphatic rings. The first-order valence-electron chi connectivity index (χ1n) is 10.4. The van der Waals surface area contributed by atoms with E-state index in [4.69, 9.17) is 11.6 Å². The lowest BCUT2D eigenvalue weighted by Crippen LogP contribution is -2.41. The smallest absolute Gasteiger partial charge is 0.265 e. The molecular formula is C24H17BrClN5O3S. The van der Waals surface area contributed by atoms with E-state index in [2.05, 4.69) is 36.7 Å². The van der Waals surface area contributed by atoms with E-state index in [0.717, 1.165) is 14.3 Å². The maximum atomic E-state index is 13.6. The van der Waals surface area contributed by atoms with Crippen molar-refractivity contribution in [3.8, 4) is 22.5 Å². The average Bonchev–Trinajstić information content (AvgIpc) is 3.28. The highest BCUT2D eigenvalue weighted by Gasteiger charge is 2.39. The van der Waals surface area contributed by atoms with Gasteiger partial charge in [0.15, 0.2) is 0 Å². The number of nitrogens with zero attached hydrogens (tertiary/aromatic N) is 3. The SMILES string of the molecule is O=C(CN1c2c(-c3cccc(Cl)c3)n[nH]c2-c2ccccc2S1(=O)=O)NN=Cc1ccc(Br)cc1. The van der Waals surface area contributed by atoms with E-state index >= 15 is 0 Å².